The van der Waals surface area contributed by atoms with Crippen LogP contribution in [-0.2, 0) is 0 Å². The zero-order chi connectivity index (χ0) is 15.2. The summed E-state index contributed by atoms with van der Waals surface area (Å²) < 4.78 is 0. The van der Waals surface area contributed by atoms with Gasteiger partial charge in [-0.05, 0) is 26.3 Å². The molecule has 0 bridgehead atoms. The smallest absolute Gasteiger partial charge is 0.159 e. The molecule has 1 aromatic heterocycles. The molecule has 2 N–H and O–H groups in total. The molecule has 2 aromatic rings. The van der Waals surface area contributed by atoms with Gasteiger partial charge in [0.15, 0.2) is 5.82 Å². The van der Waals surface area contributed by atoms with Crippen LogP contribution in [0.5, 0.6) is 0 Å². The molecule has 0 saturated carbocycles. The van der Waals surface area contributed by atoms with E-state index in [4.69, 9.17) is 0 Å². The van der Waals surface area contributed by atoms with Crippen molar-refractivity contribution in [2.75, 3.05) is 31.1 Å². The molecule has 2 atom stereocenters. The Hall–Kier alpha value is -1.72. The van der Waals surface area contributed by atoms with Gasteiger partial charge >= 0.3 is 0 Å². The van der Waals surface area contributed by atoms with Crippen molar-refractivity contribution >= 4 is 16.6 Å². The molecule has 1 aromatic carbocycles. The summed E-state index contributed by atoms with van der Waals surface area (Å²) in [5.41, 5.74) is 0.461. The van der Waals surface area contributed by atoms with Crippen molar-refractivity contribution in [1.29, 1.82) is 0 Å². The van der Waals surface area contributed by atoms with Gasteiger partial charge in [-0.25, -0.2) is 0 Å². The van der Waals surface area contributed by atoms with Gasteiger partial charge in [0.1, 0.15) is 0 Å². The maximum absolute atomic E-state index is 10.8. The van der Waals surface area contributed by atoms with Crippen molar-refractivity contribution < 1.29 is 5.11 Å². The van der Waals surface area contributed by atoms with E-state index in [-0.39, 0.29) is 5.92 Å². The summed E-state index contributed by atoms with van der Waals surface area (Å²) in [4.78, 5) is 2.29. The van der Waals surface area contributed by atoms with Gasteiger partial charge in [0.2, 0.25) is 0 Å². The summed E-state index contributed by atoms with van der Waals surface area (Å²) in [6, 6.07) is 8.31. The normalized spacial score (nSPS) is 28.6. The van der Waals surface area contributed by atoms with Crippen molar-refractivity contribution in [2.45, 2.75) is 25.4 Å². The van der Waals surface area contributed by atoms with E-state index < -0.39 is 5.60 Å². The molecule has 2 aliphatic heterocycles. The van der Waals surface area contributed by atoms with Crippen molar-refractivity contribution in [3.8, 4) is 0 Å². The van der Waals surface area contributed by atoms with Crippen LogP contribution in [0, 0.1) is 12.8 Å². The monoisotopic (exact) mass is 298 g/mol. The number of aliphatic hydroxyl groups is 1. The van der Waals surface area contributed by atoms with Gasteiger partial charge in [-0.1, -0.05) is 24.3 Å². The topological polar surface area (TPSA) is 61.3 Å². The Morgan fingerprint density at radius 2 is 2.05 bits per heavy atom. The third-order valence-electron chi connectivity index (χ3n) is 5.29. The number of benzene rings is 1. The fourth-order valence-electron chi connectivity index (χ4n) is 3.87. The number of nitrogens with zero attached hydrogens (tertiary/aromatic N) is 3. The Kier molecular flexibility index (Phi) is 3.27. The van der Waals surface area contributed by atoms with E-state index in [1.165, 1.54) is 0 Å². The minimum absolute atomic E-state index is 0.261. The minimum atomic E-state index is -0.504. The molecule has 5 heteroatoms. The van der Waals surface area contributed by atoms with Crippen LogP contribution in [0.3, 0.4) is 0 Å². The predicted octanol–water partition coefficient (Wildman–Crippen LogP) is 1.49. The lowest BCUT2D eigenvalue weighted by Crippen LogP contribution is -2.59. The molecule has 0 radical (unpaired) electrons. The number of aromatic nitrogens is 2. The van der Waals surface area contributed by atoms with E-state index in [0.29, 0.717) is 0 Å². The predicted molar refractivity (Wildman–Crippen MR) is 87.0 cm³/mol. The van der Waals surface area contributed by atoms with Crippen LogP contribution in [0.2, 0.25) is 0 Å². The highest BCUT2D eigenvalue weighted by Gasteiger charge is 2.43. The summed E-state index contributed by atoms with van der Waals surface area (Å²) in [5, 5.41) is 25.3. The molecule has 116 valence electrons. The van der Waals surface area contributed by atoms with Gasteiger partial charge in [0, 0.05) is 36.3 Å². The number of hydrogen-bond donors (Lipinski definition) is 2. The average molecular weight is 298 g/mol. The second-order valence-electron chi connectivity index (χ2n) is 6.61. The highest BCUT2D eigenvalue weighted by Crippen LogP contribution is 2.36. The second kappa shape index (κ2) is 5.18. The van der Waals surface area contributed by atoms with Crippen molar-refractivity contribution in [1.82, 2.24) is 15.5 Å². The Bertz CT molecular complexity index is 704. The maximum Gasteiger partial charge on any atom is 0.159 e. The Morgan fingerprint density at radius 3 is 2.91 bits per heavy atom. The summed E-state index contributed by atoms with van der Waals surface area (Å²) >= 11 is 0. The summed E-state index contributed by atoms with van der Waals surface area (Å²) in [7, 11) is 0. The van der Waals surface area contributed by atoms with Crippen LogP contribution < -0.4 is 10.2 Å². The average Bonchev–Trinajstić information content (AvgIpc) is 2.55. The van der Waals surface area contributed by atoms with E-state index >= 15 is 0 Å². The van der Waals surface area contributed by atoms with Gasteiger partial charge in [0.05, 0.1) is 11.3 Å². The molecule has 5 nitrogen and oxygen atoms in total. The fraction of sp³-hybridized carbons (Fsp3) is 0.529. The SMILES string of the molecule is Cc1nnc(N2CC[C@@]3(O)CCNC[C@H]3C2)c2ccccc12. The van der Waals surface area contributed by atoms with Gasteiger partial charge in [-0.2, -0.15) is 5.10 Å². The first kappa shape index (κ1) is 13.9. The first-order valence-electron chi connectivity index (χ1n) is 8.07. The van der Waals surface area contributed by atoms with Crippen molar-refractivity contribution in [2.24, 2.45) is 5.92 Å². The second-order valence-corrected chi connectivity index (χ2v) is 6.61. The molecule has 2 saturated heterocycles. The number of anilines is 1. The first-order valence-corrected chi connectivity index (χ1v) is 8.07. The molecule has 0 spiro atoms. The van der Waals surface area contributed by atoms with E-state index in [0.717, 1.165) is 61.3 Å². The van der Waals surface area contributed by atoms with Gasteiger partial charge in [-0.3, -0.25) is 0 Å². The van der Waals surface area contributed by atoms with E-state index in [2.05, 4.69) is 38.6 Å². The molecular formula is C17H22N4O. The number of fused-ring (bicyclic) bond motifs is 2. The van der Waals surface area contributed by atoms with Crippen LogP contribution in [0.15, 0.2) is 24.3 Å². The number of nitrogens with one attached hydrogen (secondary N) is 1. The molecule has 22 heavy (non-hydrogen) atoms. The molecule has 3 heterocycles. The van der Waals surface area contributed by atoms with E-state index in [1.54, 1.807) is 0 Å². The molecule has 0 aliphatic carbocycles. The maximum atomic E-state index is 10.8. The summed E-state index contributed by atoms with van der Waals surface area (Å²) in [6.07, 6.45) is 1.66. The van der Waals surface area contributed by atoms with Crippen LogP contribution >= 0.6 is 0 Å². The third kappa shape index (κ3) is 2.16. The molecule has 2 aliphatic rings. The van der Waals surface area contributed by atoms with Crippen LogP contribution in [0.4, 0.5) is 5.82 Å². The van der Waals surface area contributed by atoms with Crippen molar-refractivity contribution in [3.05, 3.63) is 30.0 Å². The van der Waals surface area contributed by atoms with Gasteiger partial charge in [-0.15, -0.1) is 5.10 Å². The van der Waals surface area contributed by atoms with E-state index in [9.17, 15) is 5.11 Å². The highest BCUT2D eigenvalue weighted by atomic mass is 16.3. The number of aryl methyl sites for hydroxylation is 1. The highest BCUT2D eigenvalue weighted by molar-refractivity contribution is 5.93. The zero-order valence-corrected chi connectivity index (χ0v) is 12.9. The van der Waals surface area contributed by atoms with Crippen LogP contribution in [0.25, 0.3) is 10.8 Å². The Morgan fingerprint density at radius 1 is 1.23 bits per heavy atom. The quantitative estimate of drug-likeness (QED) is 0.835. The lowest BCUT2D eigenvalue weighted by atomic mass is 9.76. The van der Waals surface area contributed by atoms with Crippen LogP contribution in [-0.4, -0.2) is 47.1 Å². The van der Waals surface area contributed by atoms with Crippen molar-refractivity contribution in [3.63, 3.8) is 0 Å². The largest absolute Gasteiger partial charge is 0.389 e. The molecule has 0 unspecified atom stereocenters. The van der Waals surface area contributed by atoms with Gasteiger partial charge < -0.3 is 15.3 Å². The zero-order valence-electron chi connectivity index (χ0n) is 12.9. The fourth-order valence-corrected chi connectivity index (χ4v) is 3.87. The number of hydrogen-bond acceptors (Lipinski definition) is 5. The Balaban J connectivity index is 1.70. The molecular weight excluding hydrogens is 276 g/mol. The minimum Gasteiger partial charge on any atom is -0.389 e. The summed E-state index contributed by atoms with van der Waals surface area (Å²) in [6.45, 7) is 5.48. The number of piperidine rings is 2. The third-order valence-corrected chi connectivity index (χ3v) is 5.29. The van der Waals surface area contributed by atoms with Crippen LogP contribution in [0.1, 0.15) is 18.5 Å². The molecule has 2 fully saturated rings. The number of rotatable bonds is 1. The lowest BCUT2D eigenvalue weighted by Gasteiger charge is -2.47. The summed E-state index contributed by atoms with van der Waals surface area (Å²) in [5.74, 6) is 1.21. The first-order chi connectivity index (χ1) is 10.7. The standard InChI is InChI=1S/C17H22N4O/c1-12-14-4-2-3-5-15(14)16(20-19-12)21-9-7-17(22)6-8-18-10-13(17)11-21/h2-5,13,18,22H,6-11H2,1H3/t13-,17-/m0/s1. The van der Waals surface area contributed by atoms with E-state index in [1.807, 2.05) is 13.0 Å². The molecule has 4 rings (SSSR count). The molecule has 0 amide bonds. The lowest BCUT2D eigenvalue weighted by molar-refractivity contribution is -0.0539. The Labute approximate surface area is 130 Å². The van der Waals surface area contributed by atoms with Gasteiger partial charge in [0.25, 0.3) is 0 Å².